The van der Waals surface area contributed by atoms with Crippen LogP contribution in [-0.4, -0.2) is 38.7 Å². The quantitative estimate of drug-likeness (QED) is 0.811. The van der Waals surface area contributed by atoms with Gasteiger partial charge in [0.25, 0.3) is 0 Å². The lowest BCUT2D eigenvalue weighted by molar-refractivity contribution is -0.129. The van der Waals surface area contributed by atoms with Crippen molar-refractivity contribution < 1.29 is 14.2 Å². The van der Waals surface area contributed by atoms with Crippen LogP contribution in [0.3, 0.4) is 0 Å². The summed E-state index contributed by atoms with van der Waals surface area (Å²) in [6.45, 7) is 5.67. The largest absolute Gasteiger partial charge is 0.348 e. The third-order valence-electron chi connectivity index (χ3n) is 2.96. The summed E-state index contributed by atoms with van der Waals surface area (Å²) >= 11 is 1.47. The molecule has 2 heterocycles. The molecule has 2 N–H and O–H groups in total. The summed E-state index contributed by atoms with van der Waals surface area (Å²) in [5.74, 6) is 0.211. The van der Waals surface area contributed by atoms with Crippen molar-refractivity contribution in [2.75, 3.05) is 5.75 Å². The molecule has 0 aliphatic carbocycles. The second-order valence-corrected chi connectivity index (χ2v) is 6.50. The molecule has 2 amide bonds. The van der Waals surface area contributed by atoms with Gasteiger partial charge in [-0.3, -0.25) is 9.59 Å². The van der Waals surface area contributed by atoms with Gasteiger partial charge in [0.1, 0.15) is 17.4 Å². The zero-order valence-electron chi connectivity index (χ0n) is 11.0. The summed E-state index contributed by atoms with van der Waals surface area (Å²) in [6, 6.07) is -0.509. The molecule has 0 bridgehead atoms. The number of hydrogen-bond acceptors (Lipinski definition) is 6. The molecule has 1 saturated heterocycles. The summed E-state index contributed by atoms with van der Waals surface area (Å²) < 4.78 is 4.06. The van der Waals surface area contributed by atoms with Crippen LogP contribution in [0, 0.1) is 6.92 Å². The molecule has 1 aliphatic heterocycles. The Balaban J connectivity index is 1.88. The summed E-state index contributed by atoms with van der Waals surface area (Å²) in [7, 11) is 0. The summed E-state index contributed by atoms with van der Waals surface area (Å²) in [4.78, 5) is 23.7. The first-order chi connectivity index (χ1) is 8.90. The Morgan fingerprint density at radius 1 is 1.58 bits per heavy atom. The van der Waals surface area contributed by atoms with Gasteiger partial charge in [-0.1, -0.05) is 10.3 Å². The Morgan fingerprint density at radius 3 is 2.89 bits per heavy atom. The maximum Gasteiger partial charge on any atom is 0.243 e. The fraction of sp³-hybridized carbons (Fsp3) is 0.636. The minimum Gasteiger partial charge on any atom is -0.348 e. The lowest BCUT2D eigenvalue weighted by Crippen LogP contribution is -2.57. The first-order valence-corrected chi connectivity index (χ1v) is 6.89. The highest BCUT2D eigenvalue weighted by Gasteiger charge is 2.37. The molecule has 0 saturated carbocycles. The lowest BCUT2D eigenvalue weighted by Gasteiger charge is -2.32. The smallest absolute Gasteiger partial charge is 0.243 e. The van der Waals surface area contributed by atoms with Crippen molar-refractivity contribution in [3.8, 4) is 0 Å². The zero-order chi connectivity index (χ0) is 14.0. The molecule has 1 aromatic heterocycles. The van der Waals surface area contributed by atoms with Crippen LogP contribution in [-0.2, 0) is 16.1 Å². The average Bonchev–Trinajstić information content (AvgIpc) is 2.75. The fourth-order valence-corrected chi connectivity index (χ4v) is 2.58. The molecule has 1 fully saturated rings. The second kappa shape index (κ2) is 5.20. The van der Waals surface area contributed by atoms with E-state index < -0.39 is 10.8 Å². The van der Waals surface area contributed by atoms with Crippen molar-refractivity contribution in [2.24, 2.45) is 0 Å². The third-order valence-corrected chi connectivity index (χ3v) is 4.36. The summed E-state index contributed by atoms with van der Waals surface area (Å²) in [6.07, 6.45) is 0. The minimum atomic E-state index is -0.509. The number of nitrogens with zero attached hydrogens (tertiary/aromatic N) is 2. The van der Waals surface area contributed by atoms with Gasteiger partial charge in [-0.15, -0.1) is 11.8 Å². The van der Waals surface area contributed by atoms with Crippen LogP contribution in [0.1, 0.15) is 25.2 Å². The Hall–Kier alpha value is -1.57. The second-order valence-electron chi connectivity index (χ2n) is 4.86. The van der Waals surface area contributed by atoms with Crippen LogP contribution in [0.15, 0.2) is 4.63 Å². The SMILES string of the molecule is Cc1nonc1CNC(=O)C1CSC(C)(C)C(=O)N1. The van der Waals surface area contributed by atoms with E-state index in [0.717, 1.165) is 0 Å². The van der Waals surface area contributed by atoms with E-state index in [1.807, 2.05) is 13.8 Å². The molecule has 8 heteroatoms. The molecule has 1 unspecified atom stereocenters. The van der Waals surface area contributed by atoms with Gasteiger partial charge in [0.05, 0.1) is 11.3 Å². The number of carbonyl (C=O) groups is 2. The van der Waals surface area contributed by atoms with Gasteiger partial charge in [0.2, 0.25) is 11.8 Å². The molecule has 104 valence electrons. The number of hydrogen-bond donors (Lipinski definition) is 2. The van der Waals surface area contributed by atoms with Crippen molar-refractivity contribution in [1.82, 2.24) is 20.9 Å². The topological polar surface area (TPSA) is 97.1 Å². The van der Waals surface area contributed by atoms with Gasteiger partial charge in [0.15, 0.2) is 0 Å². The van der Waals surface area contributed by atoms with Crippen LogP contribution in [0.2, 0.25) is 0 Å². The number of rotatable bonds is 3. The molecule has 1 aromatic rings. The van der Waals surface area contributed by atoms with E-state index in [0.29, 0.717) is 17.1 Å². The van der Waals surface area contributed by atoms with Crippen molar-refractivity contribution in [3.05, 3.63) is 11.4 Å². The maximum atomic E-state index is 11.9. The number of carbonyl (C=O) groups excluding carboxylic acids is 2. The van der Waals surface area contributed by atoms with Gasteiger partial charge < -0.3 is 10.6 Å². The molecule has 1 atom stereocenters. The van der Waals surface area contributed by atoms with Gasteiger partial charge in [0, 0.05) is 5.75 Å². The molecule has 0 spiro atoms. The first-order valence-electron chi connectivity index (χ1n) is 5.91. The van der Waals surface area contributed by atoms with E-state index in [2.05, 4.69) is 25.6 Å². The highest BCUT2D eigenvalue weighted by molar-refractivity contribution is 8.01. The normalized spacial score (nSPS) is 21.8. The Morgan fingerprint density at radius 2 is 2.32 bits per heavy atom. The number of nitrogens with one attached hydrogen (secondary N) is 2. The molecule has 1 aliphatic rings. The molecule has 7 nitrogen and oxygen atoms in total. The van der Waals surface area contributed by atoms with Gasteiger partial charge in [-0.25, -0.2) is 4.63 Å². The van der Waals surface area contributed by atoms with Gasteiger partial charge >= 0.3 is 0 Å². The van der Waals surface area contributed by atoms with E-state index >= 15 is 0 Å². The predicted octanol–water partition coefficient (Wildman–Crippen LogP) is 0.00442. The van der Waals surface area contributed by atoms with Crippen LogP contribution in [0.4, 0.5) is 0 Å². The van der Waals surface area contributed by atoms with Crippen LogP contribution in [0.25, 0.3) is 0 Å². The number of thioether (sulfide) groups is 1. The molecule has 2 rings (SSSR count). The zero-order valence-corrected chi connectivity index (χ0v) is 11.8. The van der Waals surface area contributed by atoms with Crippen LogP contribution >= 0.6 is 11.8 Å². The lowest BCUT2D eigenvalue weighted by atomic mass is 10.1. The van der Waals surface area contributed by atoms with Crippen LogP contribution < -0.4 is 10.6 Å². The molecule has 0 radical (unpaired) electrons. The molecular formula is C11H16N4O3S. The van der Waals surface area contributed by atoms with Gasteiger partial charge in [-0.05, 0) is 20.8 Å². The van der Waals surface area contributed by atoms with E-state index in [-0.39, 0.29) is 18.4 Å². The van der Waals surface area contributed by atoms with Crippen molar-refractivity contribution in [3.63, 3.8) is 0 Å². The van der Waals surface area contributed by atoms with E-state index in [1.165, 1.54) is 11.8 Å². The maximum absolute atomic E-state index is 11.9. The fourth-order valence-electron chi connectivity index (χ4n) is 1.58. The Kier molecular flexibility index (Phi) is 3.79. The average molecular weight is 284 g/mol. The molecule has 0 aromatic carbocycles. The van der Waals surface area contributed by atoms with E-state index in [4.69, 9.17) is 0 Å². The first kappa shape index (κ1) is 13.9. The number of amides is 2. The standard InChI is InChI=1S/C11H16N4O3S/c1-6-7(15-18-14-6)4-12-9(16)8-5-19-11(2,3)10(17)13-8/h8H,4-5H2,1-3H3,(H,12,16)(H,13,17). The summed E-state index contributed by atoms with van der Waals surface area (Å²) in [5.41, 5.74) is 1.23. The predicted molar refractivity (Wildman–Crippen MR) is 69.3 cm³/mol. The Labute approximate surface area is 114 Å². The van der Waals surface area contributed by atoms with Crippen molar-refractivity contribution in [2.45, 2.75) is 38.1 Å². The number of aryl methyl sites for hydroxylation is 1. The molecular weight excluding hydrogens is 268 g/mol. The third kappa shape index (κ3) is 3.06. The highest BCUT2D eigenvalue weighted by atomic mass is 32.2. The van der Waals surface area contributed by atoms with Crippen molar-refractivity contribution in [1.29, 1.82) is 0 Å². The van der Waals surface area contributed by atoms with E-state index in [9.17, 15) is 9.59 Å². The van der Waals surface area contributed by atoms with Crippen molar-refractivity contribution >= 4 is 23.6 Å². The van der Waals surface area contributed by atoms with Gasteiger partial charge in [-0.2, -0.15) is 0 Å². The molecule has 19 heavy (non-hydrogen) atoms. The number of aromatic nitrogens is 2. The highest BCUT2D eigenvalue weighted by Crippen LogP contribution is 2.28. The monoisotopic (exact) mass is 284 g/mol. The minimum absolute atomic E-state index is 0.122. The van der Waals surface area contributed by atoms with Crippen LogP contribution in [0.5, 0.6) is 0 Å². The summed E-state index contributed by atoms with van der Waals surface area (Å²) in [5, 5.41) is 12.7. The Bertz CT molecular complexity index is 500. The van der Waals surface area contributed by atoms with E-state index in [1.54, 1.807) is 6.92 Å².